The lowest BCUT2D eigenvalue weighted by molar-refractivity contribution is -0.200. The molecule has 5 unspecified atom stereocenters. The predicted molar refractivity (Wildman–Crippen MR) is 165 cm³/mol. The first kappa shape index (κ1) is 30.7. The Hall–Kier alpha value is -1.99. The zero-order chi connectivity index (χ0) is 31.4. The van der Waals surface area contributed by atoms with E-state index in [-0.39, 0.29) is 41.1 Å². The number of hydrogen-bond acceptors (Lipinski definition) is 7. The molecule has 7 heteroatoms. The monoisotopic (exact) mass is 607 g/mol. The molecule has 44 heavy (non-hydrogen) atoms. The molecule has 1 aromatic heterocycles. The van der Waals surface area contributed by atoms with Crippen molar-refractivity contribution in [3.63, 3.8) is 0 Å². The van der Waals surface area contributed by atoms with Crippen molar-refractivity contribution < 1.29 is 28.9 Å². The lowest BCUT2D eigenvalue weighted by atomic mass is 9.46. The van der Waals surface area contributed by atoms with Crippen molar-refractivity contribution in [3.05, 3.63) is 30.1 Å². The van der Waals surface area contributed by atoms with Gasteiger partial charge in [-0.2, -0.15) is 0 Å². The first-order chi connectivity index (χ1) is 20.7. The van der Waals surface area contributed by atoms with Crippen molar-refractivity contribution in [2.75, 3.05) is 0 Å². The van der Waals surface area contributed by atoms with Gasteiger partial charge in [0.25, 0.3) is 0 Å². The van der Waals surface area contributed by atoms with Gasteiger partial charge in [0, 0.05) is 24.7 Å². The first-order valence-electron chi connectivity index (χ1n) is 17.3. The topological polar surface area (TPSA) is 95.0 Å². The second-order valence-electron chi connectivity index (χ2n) is 17.0. The standard InChI is InChI=1S/C37H53NO6/c1-21-36-17-16-35(7)25-10-12-27(31(34(5,6)41)42-22(2)39)43-28(25)19-26(35)24(36)11-13-29-33(3,4)30(14-15-37(21,29)36)44-32(40)23-9-8-18-38-20-23/h8-9,18,20-21,24-31,41H,10-17,19H2,1-7H3/t21-,24-,25?,26?,27+,28?,29?,30-,31-,35+,36-,37?/m0/s1. The summed E-state index contributed by atoms with van der Waals surface area (Å²) in [7, 11) is 0. The average molecular weight is 608 g/mol. The Labute approximate surface area is 263 Å². The third kappa shape index (κ3) is 4.09. The minimum atomic E-state index is -1.16. The predicted octanol–water partition coefficient (Wildman–Crippen LogP) is 6.76. The number of aliphatic hydroxyl groups is 1. The Bertz CT molecular complexity index is 1310. The van der Waals surface area contributed by atoms with Crippen molar-refractivity contribution >= 4 is 11.9 Å². The van der Waals surface area contributed by atoms with Crippen LogP contribution in [-0.2, 0) is 19.0 Å². The molecule has 2 spiro atoms. The van der Waals surface area contributed by atoms with Gasteiger partial charge in [0.1, 0.15) is 6.10 Å². The van der Waals surface area contributed by atoms with Crippen molar-refractivity contribution in [3.8, 4) is 0 Å². The summed E-state index contributed by atoms with van der Waals surface area (Å²) in [6.07, 6.45) is 12.5. The molecule has 0 amide bonds. The van der Waals surface area contributed by atoms with E-state index in [2.05, 4.69) is 32.7 Å². The van der Waals surface area contributed by atoms with Crippen LogP contribution in [0.4, 0.5) is 0 Å². The minimum Gasteiger partial charge on any atom is -0.458 e. The van der Waals surface area contributed by atoms with Crippen LogP contribution >= 0.6 is 0 Å². The molecule has 0 bridgehead atoms. The quantitative estimate of drug-likeness (QED) is 0.370. The highest BCUT2D eigenvalue weighted by Crippen LogP contribution is 2.89. The van der Waals surface area contributed by atoms with Gasteiger partial charge in [0.2, 0.25) is 0 Å². The zero-order valence-electron chi connectivity index (χ0n) is 27.8. The Balaban J connectivity index is 1.11. The fourth-order valence-electron chi connectivity index (χ4n) is 13.0. The number of aromatic nitrogens is 1. The minimum absolute atomic E-state index is 0.0809. The number of hydrogen-bond donors (Lipinski definition) is 1. The number of fused-ring (bicyclic) bond motifs is 4. The Kier molecular flexibility index (Phi) is 6.97. The molecule has 6 fully saturated rings. The Morgan fingerprint density at radius 1 is 1.02 bits per heavy atom. The van der Waals surface area contributed by atoms with Crippen molar-refractivity contribution in [1.82, 2.24) is 4.98 Å². The molecule has 1 saturated heterocycles. The summed E-state index contributed by atoms with van der Waals surface area (Å²) in [6.45, 7) is 14.7. The Morgan fingerprint density at radius 3 is 2.45 bits per heavy atom. The molecule has 7 rings (SSSR count). The molecule has 12 atom stereocenters. The molecule has 242 valence electrons. The highest BCUT2D eigenvalue weighted by Gasteiger charge is 2.85. The van der Waals surface area contributed by atoms with E-state index >= 15 is 0 Å². The number of carbonyl (C=O) groups excluding carboxylic acids is 2. The van der Waals surface area contributed by atoms with Gasteiger partial charge in [-0.25, -0.2) is 4.79 Å². The number of esters is 2. The molecular formula is C37H53NO6. The van der Waals surface area contributed by atoms with Gasteiger partial charge in [0.15, 0.2) is 6.10 Å². The van der Waals surface area contributed by atoms with Crippen LogP contribution in [0.3, 0.4) is 0 Å². The van der Waals surface area contributed by atoms with Crippen LogP contribution in [0.15, 0.2) is 24.5 Å². The van der Waals surface area contributed by atoms with E-state index in [0.717, 1.165) is 32.1 Å². The summed E-state index contributed by atoms with van der Waals surface area (Å²) < 4.78 is 18.8. The van der Waals surface area contributed by atoms with Gasteiger partial charge < -0.3 is 19.3 Å². The molecule has 0 radical (unpaired) electrons. The smallest absolute Gasteiger partial charge is 0.339 e. The molecule has 6 aliphatic rings. The molecule has 2 heterocycles. The molecule has 7 nitrogen and oxygen atoms in total. The van der Waals surface area contributed by atoms with Crippen LogP contribution in [0.5, 0.6) is 0 Å². The Morgan fingerprint density at radius 2 is 1.77 bits per heavy atom. The molecule has 5 aliphatic carbocycles. The summed E-state index contributed by atoms with van der Waals surface area (Å²) >= 11 is 0. The lowest BCUT2D eigenvalue weighted by Crippen LogP contribution is -2.55. The van der Waals surface area contributed by atoms with E-state index in [4.69, 9.17) is 14.2 Å². The van der Waals surface area contributed by atoms with E-state index in [1.54, 1.807) is 38.4 Å². The molecule has 1 aromatic rings. The third-order valence-corrected chi connectivity index (χ3v) is 14.7. The number of rotatable bonds is 5. The van der Waals surface area contributed by atoms with Crippen molar-refractivity contribution in [2.24, 2.45) is 51.2 Å². The summed E-state index contributed by atoms with van der Waals surface area (Å²) in [4.78, 5) is 29.1. The fourth-order valence-corrected chi connectivity index (χ4v) is 13.0. The first-order valence-corrected chi connectivity index (χ1v) is 17.3. The molecule has 0 aromatic carbocycles. The molecule has 1 N–H and O–H groups in total. The number of nitrogens with zero attached hydrogens (tertiary/aromatic N) is 1. The van der Waals surface area contributed by atoms with Gasteiger partial charge in [-0.05, 0) is 130 Å². The highest BCUT2D eigenvalue weighted by molar-refractivity contribution is 5.89. The maximum atomic E-state index is 13.1. The number of pyridine rings is 1. The third-order valence-electron chi connectivity index (χ3n) is 14.7. The van der Waals surface area contributed by atoms with E-state index in [1.165, 1.54) is 32.6 Å². The normalized spacial score (nSPS) is 45.8. The van der Waals surface area contributed by atoms with E-state index in [9.17, 15) is 14.7 Å². The maximum absolute atomic E-state index is 13.1. The molecular weight excluding hydrogens is 554 g/mol. The van der Waals surface area contributed by atoms with Crippen LogP contribution in [0.2, 0.25) is 0 Å². The van der Waals surface area contributed by atoms with Crippen LogP contribution in [0.1, 0.15) is 117 Å². The molecule has 1 aliphatic heterocycles. The number of ether oxygens (including phenoxy) is 3. The molecule has 5 saturated carbocycles. The summed E-state index contributed by atoms with van der Waals surface area (Å²) in [5.74, 6) is 2.46. The largest absolute Gasteiger partial charge is 0.458 e. The van der Waals surface area contributed by atoms with E-state index < -0.39 is 11.7 Å². The van der Waals surface area contributed by atoms with E-state index in [1.807, 2.05) is 0 Å². The van der Waals surface area contributed by atoms with Crippen molar-refractivity contribution in [2.45, 2.75) is 136 Å². The van der Waals surface area contributed by atoms with Gasteiger partial charge in [0.05, 0.1) is 23.4 Å². The van der Waals surface area contributed by atoms with Crippen LogP contribution < -0.4 is 0 Å². The summed E-state index contributed by atoms with van der Waals surface area (Å²) in [5.41, 5.74) is 0.257. The van der Waals surface area contributed by atoms with Gasteiger partial charge in [-0.3, -0.25) is 9.78 Å². The summed E-state index contributed by atoms with van der Waals surface area (Å²) in [6, 6.07) is 3.59. The van der Waals surface area contributed by atoms with Gasteiger partial charge in [-0.15, -0.1) is 0 Å². The second-order valence-corrected chi connectivity index (χ2v) is 17.0. The van der Waals surface area contributed by atoms with Gasteiger partial charge in [-0.1, -0.05) is 27.7 Å². The zero-order valence-corrected chi connectivity index (χ0v) is 27.8. The fraction of sp³-hybridized carbons (Fsp3) is 0.811. The van der Waals surface area contributed by atoms with Gasteiger partial charge >= 0.3 is 11.9 Å². The maximum Gasteiger partial charge on any atom is 0.339 e. The SMILES string of the molecule is CC(=O)O[C@@H]([C@H]1CCC2C(CC3[C@@H]4CCC5C(C)(C)[C@@H](OC(=O)c6cccnc6)CCC56[C@@H](C)[C@@]46CC[C@]23C)O1)C(C)(C)O. The summed E-state index contributed by atoms with van der Waals surface area (Å²) in [5, 5.41) is 10.9. The lowest BCUT2D eigenvalue weighted by Gasteiger charge is -2.59. The van der Waals surface area contributed by atoms with Crippen LogP contribution in [0, 0.1) is 51.2 Å². The van der Waals surface area contributed by atoms with E-state index in [0.29, 0.717) is 46.0 Å². The highest BCUT2D eigenvalue weighted by atomic mass is 16.6. The van der Waals surface area contributed by atoms with Crippen molar-refractivity contribution in [1.29, 1.82) is 0 Å². The average Bonchev–Trinajstić information content (AvgIpc) is 3.35. The van der Waals surface area contributed by atoms with Crippen LogP contribution in [0.25, 0.3) is 0 Å². The second kappa shape index (κ2) is 10.0. The number of carbonyl (C=O) groups is 2. The van der Waals surface area contributed by atoms with Crippen LogP contribution in [-0.4, -0.2) is 52.0 Å².